The molecule has 5 aliphatic heterocycles. The molecule has 16 N–H and O–H groups in total. The minimum Gasteiger partial charge on any atom is -0.479 e. The molecule has 0 unspecified atom stereocenters. The van der Waals surface area contributed by atoms with E-state index in [-0.39, 0.29) is 30.3 Å². The van der Waals surface area contributed by atoms with E-state index in [1.807, 2.05) is 27.7 Å². The second-order valence-corrected chi connectivity index (χ2v) is 32.0. The van der Waals surface area contributed by atoms with Gasteiger partial charge < -0.3 is 139 Å². The van der Waals surface area contributed by atoms with Gasteiger partial charge in [0.15, 0.2) is 43.7 Å². The lowest BCUT2D eigenvalue weighted by molar-refractivity contribution is -0.412. The summed E-state index contributed by atoms with van der Waals surface area (Å²) in [4.78, 5) is 41.1. The van der Waals surface area contributed by atoms with Gasteiger partial charge in [-0.2, -0.15) is 0 Å². The Labute approximate surface area is 586 Å². The molecule has 0 aromatic rings. The molecule has 0 radical (unpaired) electrons. The SMILES string of the molecule is C/C=C(/C)C(=O)O[C@H]1[C@H](OC(=O)/C(C)=C\C)[C@]2(CO)[C@H](O)C[C@]3(C)C(=CC[C@@H]4[C@@]5(C)CC[C@H](O[C@@H]6O[C@H](C(=O)O)[C@@H](O)[C@H](O[C@@H]7O[C@H](CO)[C@H](O)[C@H](O)[C@H]7O[C@@H]7O[C@@H](C)[C@H](O)[C@@H](O)[C@H]7O[C@@H]7O[C@@H](C)[C@H](O)[C@@H](O)[C@H]7O)[C@H]6O[C@@H]6O[C@H](CO)[C@@H](O)[C@H](O)[C@H]6O)C(C)(C)[C@@H]5CC[C@]43C)[C@@H]2CC1(C)C. The Hall–Kier alpha value is -3.37. The van der Waals surface area contributed by atoms with Crippen LogP contribution < -0.4 is 0 Å². The van der Waals surface area contributed by atoms with E-state index >= 15 is 0 Å². The fraction of sp³-hybridized carbons (Fsp3) is 0.871. The van der Waals surface area contributed by atoms with E-state index in [0.717, 1.165) is 5.57 Å². The molecule has 0 amide bonds. The average Bonchev–Trinajstić information content (AvgIpc) is 0.668. The highest BCUT2D eigenvalue weighted by atomic mass is 16.8. The Balaban J connectivity index is 0.983. The van der Waals surface area contributed by atoms with Gasteiger partial charge in [0.05, 0.1) is 49.7 Å². The Kier molecular flexibility index (Phi) is 23.8. The Morgan fingerprint density at radius 3 is 1.56 bits per heavy atom. The van der Waals surface area contributed by atoms with Crippen molar-refractivity contribution >= 4 is 17.9 Å². The fourth-order valence-corrected chi connectivity index (χ4v) is 19.2. The third-order valence-corrected chi connectivity index (χ3v) is 25.8. The van der Waals surface area contributed by atoms with Crippen molar-refractivity contribution < 1.29 is 153 Å². The highest BCUT2D eigenvalue weighted by Crippen LogP contribution is 2.76. The Bertz CT molecular complexity index is 3030. The van der Waals surface area contributed by atoms with Gasteiger partial charge in [0.25, 0.3) is 0 Å². The second kappa shape index (κ2) is 30.0. The summed E-state index contributed by atoms with van der Waals surface area (Å²) in [6, 6.07) is 0. The number of carbonyl (C=O) groups is 3. The van der Waals surface area contributed by atoms with Crippen molar-refractivity contribution in [3.63, 3.8) is 0 Å². The molecule has 0 bridgehead atoms. The van der Waals surface area contributed by atoms with Gasteiger partial charge in [-0.3, -0.25) is 0 Å². The first-order valence-corrected chi connectivity index (χ1v) is 35.4. The monoisotopic (exact) mass is 1450 g/mol. The topological polar surface area (TPSA) is 486 Å². The van der Waals surface area contributed by atoms with Crippen LogP contribution in [-0.4, -0.2) is 297 Å². The molecule has 36 atom stereocenters. The summed E-state index contributed by atoms with van der Waals surface area (Å²) < 4.78 is 74.6. The molecule has 5 saturated heterocycles. The van der Waals surface area contributed by atoms with Gasteiger partial charge in [-0.15, -0.1) is 0 Å². The molecule has 0 aromatic heterocycles. The fourth-order valence-electron chi connectivity index (χ4n) is 19.2. The van der Waals surface area contributed by atoms with Crippen molar-refractivity contribution in [3.05, 3.63) is 34.9 Å². The van der Waals surface area contributed by atoms with Crippen LogP contribution >= 0.6 is 0 Å². The number of aliphatic carboxylic acids is 1. The molecule has 5 aliphatic carbocycles. The maximum Gasteiger partial charge on any atom is 0.335 e. The van der Waals surface area contributed by atoms with Crippen molar-refractivity contribution in [1.82, 2.24) is 0 Å². The number of ether oxygens (including phenoxy) is 12. The standard InChI is InChI=1S/C70H110O31/c1-14-27(3)58(88)100-55-56(101-59(89)28(4)15-2)70(26-73)32(22-65(55,7)8)31-16-17-36-67(11)20-19-38(66(9,10)35(67)18-21-68(36,12)69(31,13)23-37(70)74)94-64-54(99-61-48(84)44(80)41(77)33(24-71)92-61)50(49(85)51(96-64)57(86)87)95-63-53(46(82)42(78)34(25-72)93-63)98-62-52(45(81)40(76)30(6)91-62)97-60-47(83)43(79)39(75)29(5)90-60/h14-16,29-30,32-56,60-64,71-85H,17-26H2,1-13H3,(H,86,87)/b27-14-,28-15-/t29-,30-,32-,33+,34+,35-,36+,37+,38-,39-,40-,41+,42-,43+,44-,45+,46-,47+,48+,49-,50-,51-,52+,53+,54+,55-,56-,60-,61-,62-,63-,64+,67-,68+,69+,70-/m0/s1. The normalized spacial score (nSPS) is 50.7. The van der Waals surface area contributed by atoms with Crippen LogP contribution in [0.25, 0.3) is 0 Å². The molecule has 31 nitrogen and oxygen atoms in total. The van der Waals surface area contributed by atoms with E-state index in [0.29, 0.717) is 37.7 Å². The van der Waals surface area contributed by atoms with Crippen LogP contribution in [0.3, 0.4) is 0 Å². The smallest absolute Gasteiger partial charge is 0.335 e. The maximum atomic E-state index is 14.0. The molecule has 101 heavy (non-hydrogen) atoms. The molecule has 5 heterocycles. The predicted molar refractivity (Wildman–Crippen MR) is 344 cm³/mol. The average molecular weight is 1450 g/mol. The number of hydrogen-bond acceptors (Lipinski definition) is 30. The van der Waals surface area contributed by atoms with Gasteiger partial charge in [-0.1, -0.05) is 72.3 Å². The van der Waals surface area contributed by atoms with Crippen LogP contribution in [0, 0.1) is 50.2 Å². The van der Waals surface area contributed by atoms with Gasteiger partial charge in [-0.25, -0.2) is 14.4 Å². The van der Waals surface area contributed by atoms with Gasteiger partial charge in [0.2, 0.25) is 0 Å². The third-order valence-electron chi connectivity index (χ3n) is 25.8. The first-order chi connectivity index (χ1) is 47.2. The number of fused-ring (bicyclic) bond motifs is 7. The summed E-state index contributed by atoms with van der Waals surface area (Å²) in [6.45, 7) is 21.3. The van der Waals surface area contributed by atoms with Gasteiger partial charge in [0.1, 0.15) is 110 Å². The molecular formula is C70H110O31. The number of rotatable bonds is 18. The van der Waals surface area contributed by atoms with E-state index in [1.54, 1.807) is 39.8 Å². The molecule has 0 spiro atoms. The first kappa shape index (κ1) is 80.2. The quantitative estimate of drug-likeness (QED) is 0.0317. The van der Waals surface area contributed by atoms with E-state index in [1.165, 1.54) is 13.8 Å². The zero-order valence-electron chi connectivity index (χ0n) is 59.6. The van der Waals surface area contributed by atoms with Gasteiger partial charge in [0, 0.05) is 16.6 Å². The zero-order chi connectivity index (χ0) is 74.6. The zero-order valence-corrected chi connectivity index (χ0v) is 59.6. The van der Waals surface area contributed by atoms with Crippen molar-refractivity contribution in [3.8, 4) is 0 Å². The van der Waals surface area contributed by atoms with Crippen LogP contribution in [-0.2, 0) is 71.2 Å². The number of carboxylic acid groups (broad SMARTS) is 1. The number of carbonyl (C=O) groups excluding carboxylic acids is 2. The van der Waals surface area contributed by atoms with Crippen LogP contribution in [0.15, 0.2) is 34.9 Å². The summed E-state index contributed by atoms with van der Waals surface area (Å²) in [5, 5.41) is 181. The second-order valence-electron chi connectivity index (χ2n) is 32.0. The number of esters is 2. The maximum absolute atomic E-state index is 14.0. The minimum atomic E-state index is -2.37. The van der Waals surface area contributed by atoms with Crippen molar-refractivity contribution in [2.75, 3.05) is 19.8 Å². The summed E-state index contributed by atoms with van der Waals surface area (Å²) in [5.74, 6) is -3.91. The molecule has 10 rings (SSSR count). The van der Waals surface area contributed by atoms with E-state index in [4.69, 9.17) is 56.8 Å². The van der Waals surface area contributed by atoms with Gasteiger partial charge >= 0.3 is 17.9 Å². The number of aliphatic hydroxyl groups is 15. The molecular weight excluding hydrogens is 1340 g/mol. The summed E-state index contributed by atoms with van der Waals surface area (Å²) >= 11 is 0. The van der Waals surface area contributed by atoms with Gasteiger partial charge in [-0.05, 0) is 126 Å². The number of allylic oxidation sites excluding steroid dienone is 4. The van der Waals surface area contributed by atoms with Crippen molar-refractivity contribution in [2.45, 2.75) is 313 Å². The molecule has 31 heteroatoms. The summed E-state index contributed by atoms with van der Waals surface area (Å²) in [5.41, 5.74) is -3.41. The molecule has 0 aromatic carbocycles. The molecule has 4 saturated carbocycles. The van der Waals surface area contributed by atoms with Crippen LogP contribution in [0.1, 0.15) is 135 Å². The number of hydrogen-bond donors (Lipinski definition) is 16. The highest BCUT2D eigenvalue weighted by Gasteiger charge is 2.74. The summed E-state index contributed by atoms with van der Waals surface area (Å²) in [7, 11) is 0. The summed E-state index contributed by atoms with van der Waals surface area (Å²) in [6.07, 6.45) is -44.3. The molecule has 10 aliphatic rings. The Morgan fingerprint density at radius 2 is 1.00 bits per heavy atom. The lowest BCUT2D eigenvalue weighted by Gasteiger charge is -2.72. The van der Waals surface area contributed by atoms with E-state index in [9.17, 15) is 96.1 Å². The molecule has 576 valence electrons. The van der Waals surface area contributed by atoms with Crippen LogP contribution in [0.4, 0.5) is 0 Å². The van der Waals surface area contributed by atoms with E-state index in [2.05, 4.69) is 26.8 Å². The minimum absolute atomic E-state index is 0.0772. The lowest BCUT2D eigenvalue weighted by Crippen LogP contribution is -2.72. The predicted octanol–water partition coefficient (Wildman–Crippen LogP) is -1.64. The first-order valence-electron chi connectivity index (χ1n) is 35.4. The number of carboxylic acids is 1. The third kappa shape index (κ3) is 13.7. The van der Waals surface area contributed by atoms with Crippen LogP contribution in [0.2, 0.25) is 0 Å². The molecule has 9 fully saturated rings. The highest BCUT2D eigenvalue weighted by molar-refractivity contribution is 5.89. The Morgan fingerprint density at radius 1 is 0.525 bits per heavy atom. The largest absolute Gasteiger partial charge is 0.479 e. The van der Waals surface area contributed by atoms with E-state index < -0.39 is 254 Å². The lowest BCUT2D eigenvalue weighted by atomic mass is 9.33. The van der Waals surface area contributed by atoms with Crippen LogP contribution in [0.5, 0.6) is 0 Å². The number of aliphatic hydroxyl groups excluding tert-OH is 15. The van der Waals surface area contributed by atoms with Crippen molar-refractivity contribution in [2.24, 2.45) is 50.2 Å². The van der Waals surface area contributed by atoms with Crippen molar-refractivity contribution in [1.29, 1.82) is 0 Å².